The summed E-state index contributed by atoms with van der Waals surface area (Å²) in [7, 11) is -3.91. The first-order valence-electron chi connectivity index (χ1n) is 6.49. The molecule has 1 saturated heterocycles. The van der Waals surface area contributed by atoms with Crippen LogP contribution in [0.4, 0.5) is 8.78 Å². The van der Waals surface area contributed by atoms with Crippen molar-refractivity contribution in [2.75, 3.05) is 11.9 Å². The van der Waals surface area contributed by atoms with Crippen LogP contribution in [0.3, 0.4) is 0 Å². The Hall–Kier alpha value is -0.530. The van der Waals surface area contributed by atoms with E-state index in [0.717, 1.165) is 31.4 Å². The number of hydrogen-bond donors (Lipinski definition) is 0. The van der Waals surface area contributed by atoms with Crippen LogP contribution in [-0.4, -0.2) is 30.6 Å². The lowest BCUT2D eigenvalue weighted by Gasteiger charge is -2.34. The summed E-state index contributed by atoms with van der Waals surface area (Å²) in [4.78, 5) is -0.444. The van der Waals surface area contributed by atoms with E-state index in [1.54, 1.807) is 0 Å². The first kappa shape index (κ1) is 15.9. The first-order valence-corrected chi connectivity index (χ1v) is 9.06. The van der Waals surface area contributed by atoms with Crippen LogP contribution in [0.15, 0.2) is 23.1 Å². The SMILES string of the molecule is O=S(=O)(c1ccc(F)cc1F)N1CCCCC1CCBr. The molecule has 1 heterocycles. The number of piperidine rings is 1. The zero-order valence-corrected chi connectivity index (χ0v) is 13.3. The van der Waals surface area contributed by atoms with E-state index < -0.39 is 26.6 Å². The third-order valence-corrected chi connectivity index (χ3v) is 5.94. The second-order valence-electron chi connectivity index (χ2n) is 4.82. The van der Waals surface area contributed by atoms with Gasteiger partial charge in [-0.15, -0.1) is 0 Å². The third kappa shape index (κ3) is 3.20. The number of alkyl halides is 1. The highest BCUT2D eigenvalue weighted by atomic mass is 79.9. The summed E-state index contributed by atoms with van der Waals surface area (Å²) >= 11 is 3.31. The molecule has 1 aliphatic rings. The maximum Gasteiger partial charge on any atom is 0.246 e. The number of nitrogens with zero attached hydrogens (tertiary/aromatic N) is 1. The van der Waals surface area contributed by atoms with Crippen LogP contribution >= 0.6 is 15.9 Å². The van der Waals surface area contributed by atoms with Crippen molar-refractivity contribution >= 4 is 26.0 Å². The van der Waals surface area contributed by atoms with Crippen LogP contribution in [-0.2, 0) is 10.0 Å². The van der Waals surface area contributed by atoms with Gasteiger partial charge in [-0.3, -0.25) is 0 Å². The topological polar surface area (TPSA) is 37.4 Å². The zero-order chi connectivity index (χ0) is 14.8. The van der Waals surface area contributed by atoms with E-state index in [1.165, 1.54) is 4.31 Å². The van der Waals surface area contributed by atoms with Crippen molar-refractivity contribution in [3.8, 4) is 0 Å². The summed E-state index contributed by atoms with van der Waals surface area (Å²) in [5, 5.41) is 0.690. The highest BCUT2D eigenvalue weighted by Gasteiger charge is 2.34. The molecule has 3 nitrogen and oxygen atoms in total. The molecule has 0 amide bonds. The van der Waals surface area contributed by atoms with E-state index in [1.807, 2.05) is 0 Å². The number of sulfonamides is 1. The number of rotatable bonds is 4. The molecular weight excluding hydrogens is 352 g/mol. The predicted octanol–water partition coefficient (Wildman–Crippen LogP) is 3.29. The molecule has 1 aromatic rings. The molecule has 0 radical (unpaired) electrons. The molecule has 1 aliphatic heterocycles. The fourth-order valence-electron chi connectivity index (χ4n) is 2.52. The Labute approximate surface area is 126 Å². The average molecular weight is 368 g/mol. The second-order valence-corrected chi connectivity index (χ2v) is 7.47. The van der Waals surface area contributed by atoms with Gasteiger partial charge in [-0.25, -0.2) is 17.2 Å². The maximum atomic E-state index is 13.8. The molecule has 7 heteroatoms. The zero-order valence-electron chi connectivity index (χ0n) is 10.9. The van der Waals surface area contributed by atoms with Gasteiger partial charge >= 0.3 is 0 Å². The fraction of sp³-hybridized carbons (Fsp3) is 0.538. The van der Waals surface area contributed by atoms with E-state index >= 15 is 0 Å². The Morgan fingerprint density at radius 2 is 2.05 bits per heavy atom. The molecule has 0 bridgehead atoms. The Balaban J connectivity index is 2.37. The van der Waals surface area contributed by atoms with Gasteiger partial charge in [-0.2, -0.15) is 4.31 Å². The van der Waals surface area contributed by atoms with Crippen LogP contribution in [0.2, 0.25) is 0 Å². The molecule has 1 unspecified atom stereocenters. The summed E-state index contributed by atoms with van der Waals surface area (Å²) < 4.78 is 53.1. The van der Waals surface area contributed by atoms with Gasteiger partial charge in [0.05, 0.1) is 0 Å². The summed E-state index contributed by atoms with van der Waals surface area (Å²) in [6, 6.07) is 2.45. The summed E-state index contributed by atoms with van der Waals surface area (Å²) in [5.41, 5.74) is 0. The molecule has 0 aliphatic carbocycles. The molecular formula is C13H16BrF2NO2S. The van der Waals surface area contributed by atoms with Gasteiger partial charge in [0.2, 0.25) is 10.0 Å². The molecule has 0 spiro atoms. The van der Waals surface area contributed by atoms with Crippen LogP contribution in [0.1, 0.15) is 25.7 Å². The minimum Gasteiger partial charge on any atom is -0.207 e. The monoisotopic (exact) mass is 367 g/mol. The smallest absolute Gasteiger partial charge is 0.207 e. The van der Waals surface area contributed by atoms with Crippen LogP contribution in [0.25, 0.3) is 0 Å². The van der Waals surface area contributed by atoms with Crippen LogP contribution < -0.4 is 0 Å². The first-order chi connectivity index (χ1) is 9.46. The lowest BCUT2D eigenvalue weighted by molar-refractivity contribution is 0.247. The molecule has 0 aromatic heterocycles. The minimum absolute atomic E-state index is 0.127. The van der Waals surface area contributed by atoms with Gasteiger partial charge in [0.15, 0.2) is 0 Å². The van der Waals surface area contributed by atoms with E-state index in [0.29, 0.717) is 24.4 Å². The third-order valence-electron chi connectivity index (χ3n) is 3.50. The van der Waals surface area contributed by atoms with E-state index in [2.05, 4.69) is 15.9 Å². The Bertz CT molecular complexity index is 578. The molecule has 112 valence electrons. The Kier molecular flexibility index (Phi) is 5.14. The van der Waals surface area contributed by atoms with Gasteiger partial charge in [0.25, 0.3) is 0 Å². The van der Waals surface area contributed by atoms with Gasteiger partial charge in [0.1, 0.15) is 16.5 Å². The minimum atomic E-state index is -3.91. The van der Waals surface area contributed by atoms with Gasteiger partial charge in [0, 0.05) is 24.0 Å². The van der Waals surface area contributed by atoms with E-state index in [9.17, 15) is 17.2 Å². The van der Waals surface area contributed by atoms with Gasteiger partial charge in [-0.05, 0) is 31.4 Å². The van der Waals surface area contributed by atoms with Crippen molar-refractivity contribution in [3.63, 3.8) is 0 Å². The Morgan fingerprint density at radius 3 is 2.70 bits per heavy atom. The Morgan fingerprint density at radius 1 is 1.30 bits per heavy atom. The molecule has 1 fully saturated rings. The second kappa shape index (κ2) is 6.49. The largest absolute Gasteiger partial charge is 0.246 e. The van der Waals surface area contributed by atoms with Crippen molar-refractivity contribution in [1.82, 2.24) is 4.31 Å². The van der Waals surface area contributed by atoms with E-state index in [4.69, 9.17) is 0 Å². The van der Waals surface area contributed by atoms with Crippen molar-refractivity contribution in [3.05, 3.63) is 29.8 Å². The van der Waals surface area contributed by atoms with Crippen LogP contribution in [0, 0.1) is 11.6 Å². The predicted molar refractivity (Wildman–Crippen MR) is 76.3 cm³/mol. The van der Waals surface area contributed by atoms with Crippen molar-refractivity contribution in [2.24, 2.45) is 0 Å². The average Bonchev–Trinajstić information content (AvgIpc) is 2.39. The lowest BCUT2D eigenvalue weighted by atomic mass is 10.0. The van der Waals surface area contributed by atoms with Crippen LogP contribution in [0.5, 0.6) is 0 Å². The highest BCUT2D eigenvalue weighted by Crippen LogP contribution is 2.28. The lowest BCUT2D eigenvalue weighted by Crippen LogP contribution is -2.44. The summed E-state index contributed by atoms with van der Waals surface area (Å²) in [6.45, 7) is 0.386. The van der Waals surface area contributed by atoms with Crippen molar-refractivity contribution < 1.29 is 17.2 Å². The molecule has 1 aromatic carbocycles. The summed E-state index contributed by atoms with van der Waals surface area (Å²) in [6.07, 6.45) is 3.19. The molecule has 2 rings (SSSR count). The molecule has 0 saturated carbocycles. The maximum absolute atomic E-state index is 13.8. The molecule has 1 atom stereocenters. The number of halogens is 3. The molecule has 0 N–H and O–H groups in total. The normalized spacial score (nSPS) is 21.1. The van der Waals surface area contributed by atoms with Gasteiger partial charge in [-0.1, -0.05) is 22.4 Å². The van der Waals surface area contributed by atoms with E-state index in [-0.39, 0.29) is 6.04 Å². The van der Waals surface area contributed by atoms with Crippen molar-refractivity contribution in [1.29, 1.82) is 0 Å². The fourth-order valence-corrected chi connectivity index (χ4v) is 4.81. The highest BCUT2D eigenvalue weighted by molar-refractivity contribution is 9.09. The molecule has 20 heavy (non-hydrogen) atoms. The standard InChI is InChI=1S/C13H16BrF2NO2S/c14-7-6-11-3-1-2-8-17(11)20(18,19)13-5-4-10(15)9-12(13)16/h4-5,9,11H,1-3,6-8H2. The summed E-state index contributed by atoms with van der Waals surface area (Å²) in [5.74, 6) is -1.81. The quantitative estimate of drug-likeness (QED) is 0.765. The number of benzene rings is 1. The van der Waals surface area contributed by atoms with Gasteiger partial charge < -0.3 is 0 Å². The van der Waals surface area contributed by atoms with Crippen molar-refractivity contribution in [2.45, 2.75) is 36.6 Å². The number of hydrogen-bond acceptors (Lipinski definition) is 2.